The van der Waals surface area contributed by atoms with E-state index in [0.29, 0.717) is 31.8 Å². The molecule has 7 rings (SSSR count). The number of nitrogens with one attached hydrogen (secondary N) is 5. The lowest BCUT2D eigenvalue weighted by Gasteiger charge is -2.38. The van der Waals surface area contributed by atoms with Gasteiger partial charge in [-0.05, 0) is 158 Å². The van der Waals surface area contributed by atoms with E-state index in [0.717, 1.165) is 37.3 Å². The molecule has 5 aromatic rings. The van der Waals surface area contributed by atoms with E-state index < -0.39 is 13.5 Å². The summed E-state index contributed by atoms with van der Waals surface area (Å²) in [6.45, 7) is 22.6. The molecule has 0 spiro atoms. The number of aliphatic imine (C=N–C) groups is 1. The van der Waals surface area contributed by atoms with Gasteiger partial charge in [0, 0.05) is 56.9 Å². The predicted molar refractivity (Wildman–Crippen MR) is 274 cm³/mol. The molecule has 332 valence electrons. The number of fused-ring (bicyclic) bond motifs is 4. The highest BCUT2D eigenvalue weighted by Crippen LogP contribution is 2.44. The Labute approximate surface area is 381 Å². The molecule has 1 aliphatic carbocycles. The highest BCUT2D eigenvalue weighted by atomic mass is 28.3. The van der Waals surface area contributed by atoms with E-state index in [1.165, 1.54) is 82.0 Å². The first-order valence-corrected chi connectivity index (χ1v) is 25.8. The molecule has 9 heteroatoms. The van der Waals surface area contributed by atoms with E-state index in [-0.39, 0.29) is 11.8 Å². The van der Waals surface area contributed by atoms with Crippen LogP contribution in [-0.2, 0) is 22.7 Å². The number of carbonyl (C=O) groups excluding carboxylic acids is 2. The second-order valence-electron chi connectivity index (χ2n) is 18.9. The van der Waals surface area contributed by atoms with Gasteiger partial charge in [0.05, 0.1) is 5.71 Å². The molecule has 0 aromatic heterocycles. The van der Waals surface area contributed by atoms with Crippen molar-refractivity contribution in [1.82, 2.24) is 21.3 Å². The number of carbonyl (C=O) groups is 2. The van der Waals surface area contributed by atoms with Crippen molar-refractivity contribution < 1.29 is 9.59 Å². The molecule has 0 saturated heterocycles. The zero-order valence-corrected chi connectivity index (χ0v) is 40.4. The summed E-state index contributed by atoms with van der Waals surface area (Å²) in [7, 11) is 1.79. The second-order valence-corrected chi connectivity index (χ2v) is 23.2. The van der Waals surface area contributed by atoms with Gasteiger partial charge in [-0.1, -0.05) is 101 Å². The number of benzene rings is 5. The third-order valence-corrected chi connectivity index (χ3v) is 16.4. The van der Waals surface area contributed by atoms with Crippen LogP contribution < -0.4 is 31.8 Å². The molecule has 2 amide bonds. The van der Waals surface area contributed by atoms with Crippen LogP contribution in [0.5, 0.6) is 0 Å². The van der Waals surface area contributed by atoms with Gasteiger partial charge < -0.3 is 26.6 Å². The molecule has 0 radical (unpaired) electrons. The van der Waals surface area contributed by atoms with Gasteiger partial charge in [0.25, 0.3) is 0 Å². The first-order chi connectivity index (χ1) is 30.6. The van der Waals surface area contributed by atoms with Gasteiger partial charge in [-0.25, -0.2) is 0 Å². The fourth-order valence-corrected chi connectivity index (χ4v) is 12.2. The average molecular weight is 871 g/mol. The van der Waals surface area contributed by atoms with Crippen molar-refractivity contribution in [2.45, 2.75) is 73.6 Å². The van der Waals surface area contributed by atoms with Gasteiger partial charge in [0.1, 0.15) is 8.07 Å². The van der Waals surface area contributed by atoms with Crippen molar-refractivity contribution in [3.05, 3.63) is 148 Å². The first kappa shape index (κ1) is 46.1. The van der Waals surface area contributed by atoms with Crippen molar-refractivity contribution in [2.75, 3.05) is 45.6 Å². The summed E-state index contributed by atoms with van der Waals surface area (Å²) in [5, 5.41) is 24.6. The fraction of sp³-hybridized carbons (Fsp3) is 0.327. The van der Waals surface area contributed by atoms with Gasteiger partial charge in [0.15, 0.2) is 0 Å². The number of aryl methyl sites for hydroxylation is 1. The Morgan fingerprint density at radius 1 is 0.734 bits per heavy atom. The molecule has 5 aromatic carbocycles. The summed E-state index contributed by atoms with van der Waals surface area (Å²) in [5.74, 6) is -0.0301. The van der Waals surface area contributed by atoms with Crippen LogP contribution in [0, 0.1) is 12.3 Å². The van der Waals surface area contributed by atoms with Crippen LogP contribution in [0.1, 0.15) is 68.4 Å². The molecule has 0 atom stereocenters. The molecule has 0 bridgehead atoms. The van der Waals surface area contributed by atoms with Crippen LogP contribution in [-0.4, -0.2) is 65.9 Å². The quantitative estimate of drug-likeness (QED) is 0.0294. The zero-order valence-electron chi connectivity index (χ0n) is 39.4. The Morgan fingerprint density at radius 2 is 1.36 bits per heavy atom. The van der Waals surface area contributed by atoms with E-state index in [1.807, 2.05) is 34.9 Å². The third kappa shape index (κ3) is 9.62. The maximum Gasteiger partial charge on any atom is 0.246 e. The van der Waals surface area contributed by atoms with Crippen LogP contribution in [0.3, 0.4) is 0 Å². The molecule has 0 fully saturated rings. The van der Waals surface area contributed by atoms with Crippen LogP contribution in [0.2, 0.25) is 13.1 Å². The van der Waals surface area contributed by atoms with Gasteiger partial charge in [-0.3, -0.25) is 14.6 Å². The normalized spacial score (nSPS) is 15.0. The molecule has 2 aliphatic rings. The highest BCUT2D eigenvalue weighted by Gasteiger charge is 2.40. The maximum absolute atomic E-state index is 12.5. The zero-order chi connectivity index (χ0) is 45.8. The lowest BCUT2D eigenvalue weighted by atomic mass is 9.85. The van der Waals surface area contributed by atoms with E-state index in [1.54, 1.807) is 6.92 Å². The number of hydrogen-bond donors (Lipinski definition) is 5. The minimum Gasteiger partial charge on any atom is -0.388 e. The van der Waals surface area contributed by atoms with E-state index in [2.05, 4.69) is 155 Å². The Bertz CT molecular complexity index is 2770. The molecule has 1 heterocycles. The summed E-state index contributed by atoms with van der Waals surface area (Å²) in [6.07, 6.45) is 8.44. The van der Waals surface area contributed by atoms with Gasteiger partial charge in [0.2, 0.25) is 11.8 Å². The Balaban J connectivity index is 1.30. The average Bonchev–Trinajstić information content (AvgIpc) is 3.28. The monoisotopic (exact) mass is 871 g/mol. The molecule has 1 aliphatic heterocycles. The summed E-state index contributed by atoms with van der Waals surface area (Å²) in [5.41, 5.74) is 13.5. The lowest BCUT2D eigenvalue weighted by Crippen LogP contribution is -2.49. The Hall–Kier alpha value is -5.87. The highest BCUT2D eigenvalue weighted by molar-refractivity contribution is 6.98. The predicted octanol–water partition coefficient (Wildman–Crippen LogP) is 9.66. The number of amides is 2. The summed E-state index contributed by atoms with van der Waals surface area (Å²) < 4.78 is 0. The van der Waals surface area contributed by atoms with Crippen molar-refractivity contribution >= 4 is 63.6 Å². The Morgan fingerprint density at radius 3 is 2.00 bits per heavy atom. The topological polar surface area (TPSA) is 107 Å². The van der Waals surface area contributed by atoms with E-state index in [4.69, 9.17) is 0 Å². The summed E-state index contributed by atoms with van der Waals surface area (Å²) in [4.78, 5) is 29.2. The van der Waals surface area contributed by atoms with Crippen molar-refractivity contribution in [3.8, 4) is 11.1 Å². The van der Waals surface area contributed by atoms with Gasteiger partial charge in [-0.15, -0.1) is 0 Å². The minimum atomic E-state index is -2.09. The number of allylic oxidation sites excluding steroid dienone is 5. The SMILES string of the molecule is C=C(C)C(=O)NCCCNCc1c2ccccc2c(CNCCCNC(=O)C(C)(C)C)c2cc(-c3ccc(C)c(C4=C5C=CC(=NC)C=C5[Si](C)(C)c5cc(NC)ccc54)c3)ccc12. The lowest BCUT2D eigenvalue weighted by molar-refractivity contribution is -0.128. The Kier molecular flexibility index (Phi) is 14.0. The minimum absolute atomic E-state index is 0.0719. The van der Waals surface area contributed by atoms with Crippen molar-refractivity contribution in [1.29, 1.82) is 0 Å². The van der Waals surface area contributed by atoms with Crippen molar-refractivity contribution in [3.63, 3.8) is 0 Å². The second kappa shape index (κ2) is 19.5. The molecule has 0 saturated carbocycles. The van der Waals surface area contributed by atoms with Crippen molar-refractivity contribution in [2.24, 2.45) is 10.4 Å². The molecule has 8 nitrogen and oxygen atoms in total. The first-order valence-electron chi connectivity index (χ1n) is 22.8. The van der Waals surface area contributed by atoms with E-state index in [9.17, 15) is 9.59 Å². The summed E-state index contributed by atoms with van der Waals surface area (Å²) in [6, 6.07) is 29.6. The molecular formula is C55H66N6O2Si. The molecule has 5 N–H and O–H groups in total. The molecule has 0 unspecified atom stereocenters. The standard InChI is InChI=1S/C55H66N6O2Si/c1-35(2)53(62)60-27-13-25-58-33-48-41-15-11-12-16-42(41)49(34-59-26-14-28-61-54(63)55(4,5)6)47-30-38(19-22-43(47)48)37-18-17-36(3)46(29-37)52-44-23-20-39(56-7)31-50(44)64(9,10)51-32-40(57-8)21-24-45(51)52/h11-12,15-24,29-32,56,58-59H,1,13-14,25-28,33-34H2,2-10H3,(H,60,62)(H,61,63). The largest absolute Gasteiger partial charge is 0.388 e. The van der Waals surface area contributed by atoms with Crippen LogP contribution in [0.15, 0.2) is 125 Å². The number of hydrogen-bond acceptors (Lipinski definition) is 6. The summed E-state index contributed by atoms with van der Waals surface area (Å²) >= 11 is 0. The number of nitrogens with zero attached hydrogens (tertiary/aromatic N) is 1. The maximum atomic E-state index is 12.5. The smallest absolute Gasteiger partial charge is 0.246 e. The van der Waals surface area contributed by atoms with Gasteiger partial charge in [-0.2, -0.15) is 0 Å². The number of rotatable bonds is 16. The number of anilines is 1. The fourth-order valence-electron chi connectivity index (χ4n) is 9.08. The van der Waals surface area contributed by atoms with Crippen LogP contribution >= 0.6 is 0 Å². The van der Waals surface area contributed by atoms with Crippen LogP contribution in [0.25, 0.3) is 38.2 Å². The van der Waals surface area contributed by atoms with E-state index >= 15 is 0 Å². The molecule has 64 heavy (non-hydrogen) atoms. The van der Waals surface area contributed by atoms with Crippen LogP contribution in [0.4, 0.5) is 5.69 Å². The molecular weight excluding hydrogens is 805 g/mol. The van der Waals surface area contributed by atoms with Gasteiger partial charge >= 0.3 is 0 Å². The third-order valence-electron chi connectivity index (χ3n) is 12.8.